The summed E-state index contributed by atoms with van der Waals surface area (Å²) in [7, 11) is -3.75. The van der Waals surface area contributed by atoms with Crippen LogP contribution in [0.5, 0.6) is 0 Å². The van der Waals surface area contributed by atoms with Crippen LogP contribution in [0.25, 0.3) is 0 Å². The van der Waals surface area contributed by atoms with Crippen LogP contribution in [-0.2, 0) is 16.6 Å². The number of fused-ring (bicyclic) bond motifs is 4. The fourth-order valence-corrected chi connectivity index (χ4v) is 6.30. The summed E-state index contributed by atoms with van der Waals surface area (Å²) in [4.78, 5) is 23.9. The van der Waals surface area contributed by atoms with Crippen molar-refractivity contribution in [1.29, 1.82) is 0 Å². The molecule has 0 unspecified atom stereocenters. The molecule has 5 heterocycles. The Hall–Kier alpha value is -2.72. The zero-order chi connectivity index (χ0) is 20.0. The highest BCUT2D eigenvalue weighted by Gasteiger charge is 2.36. The second-order valence-electron chi connectivity index (χ2n) is 7.38. The lowest BCUT2D eigenvalue weighted by atomic mass is 9.83. The van der Waals surface area contributed by atoms with Crippen molar-refractivity contribution in [3.63, 3.8) is 0 Å². The molecule has 2 bridgehead atoms. The third kappa shape index (κ3) is 3.32. The van der Waals surface area contributed by atoms with Gasteiger partial charge in [0.1, 0.15) is 9.90 Å². The summed E-state index contributed by atoms with van der Waals surface area (Å²) in [6.07, 6.45) is 4.47. The molecule has 1 N–H and O–H groups in total. The van der Waals surface area contributed by atoms with Crippen LogP contribution in [0.3, 0.4) is 0 Å². The predicted molar refractivity (Wildman–Crippen MR) is 111 cm³/mol. The van der Waals surface area contributed by atoms with Crippen LogP contribution in [-0.4, -0.2) is 36.0 Å². The number of piperidine rings is 1. The molecule has 0 aliphatic carbocycles. The van der Waals surface area contributed by atoms with E-state index in [-0.39, 0.29) is 27.3 Å². The first-order valence-electron chi connectivity index (χ1n) is 9.33. The maximum Gasteiger partial charge on any atom is 0.275 e. The van der Waals surface area contributed by atoms with Gasteiger partial charge in [-0.05, 0) is 42.0 Å². The standard InChI is InChI=1S/C19H19N5O3S2/c25-18-15(22-29(26,27)17-3-1-8-28-17)4-5-16-14-9-13(11-24(16)18)10-23(12-14)19-20-6-2-7-21-19/h1-8,13-14,22H,9-12H2/t13-,14+/m0/s1. The van der Waals surface area contributed by atoms with Crippen molar-refractivity contribution >= 4 is 33.0 Å². The summed E-state index contributed by atoms with van der Waals surface area (Å²) in [5.41, 5.74) is 0.734. The highest BCUT2D eigenvalue weighted by atomic mass is 32.2. The van der Waals surface area contributed by atoms with Gasteiger partial charge in [-0.15, -0.1) is 11.3 Å². The molecule has 0 amide bonds. The van der Waals surface area contributed by atoms with Crippen LogP contribution >= 0.6 is 11.3 Å². The molecular weight excluding hydrogens is 410 g/mol. The van der Waals surface area contributed by atoms with E-state index in [1.54, 1.807) is 40.5 Å². The van der Waals surface area contributed by atoms with Gasteiger partial charge in [0.05, 0.1) is 0 Å². The van der Waals surface area contributed by atoms with Gasteiger partial charge >= 0.3 is 0 Å². The number of aromatic nitrogens is 3. The average molecular weight is 430 g/mol. The minimum atomic E-state index is -3.75. The third-order valence-electron chi connectivity index (χ3n) is 5.44. The van der Waals surface area contributed by atoms with E-state index in [9.17, 15) is 13.2 Å². The first kappa shape index (κ1) is 18.3. The van der Waals surface area contributed by atoms with Crippen molar-refractivity contribution in [2.75, 3.05) is 22.7 Å². The zero-order valence-corrected chi connectivity index (χ0v) is 17.1. The van der Waals surface area contributed by atoms with Crippen LogP contribution in [0, 0.1) is 5.92 Å². The summed E-state index contributed by atoms with van der Waals surface area (Å²) in [6, 6.07) is 8.43. The van der Waals surface area contributed by atoms with Crippen LogP contribution in [0.1, 0.15) is 18.0 Å². The number of pyridine rings is 1. The minimum Gasteiger partial charge on any atom is -0.340 e. The van der Waals surface area contributed by atoms with Gasteiger partial charge in [0.25, 0.3) is 15.6 Å². The molecule has 0 aromatic carbocycles. The van der Waals surface area contributed by atoms with E-state index in [1.165, 1.54) is 6.07 Å². The fourth-order valence-electron chi connectivity index (χ4n) is 4.25. The average Bonchev–Trinajstić information content (AvgIpc) is 3.27. The Morgan fingerprint density at radius 1 is 1.07 bits per heavy atom. The normalized spacial score (nSPS) is 20.9. The van der Waals surface area contributed by atoms with Gasteiger partial charge in [-0.1, -0.05) is 6.07 Å². The third-order valence-corrected chi connectivity index (χ3v) is 8.21. The van der Waals surface area contributed by atoms with Crippen molar-refractivity contribution in [2.24, 2.45) is 5.92 Å². The Kier molecular flexibility index (Phi) is 4.39. The van der Waals surface area contributed by atoms with Crippen molar-refractivity contribution < 1.29 is 8.42 Å². The largest absolute Gasteiger partial charge is 0.340 e. The van der Waals surface area contributed by atoms with E-state index < -0.39 is 10.0 Å². The number of rotatable bonds is 4. The maximum atomic E-state index is 13.0. The number of hydrogen-bond donors (Lipinski definition) is 1. The molecule has 2 atom stereocenters. The topological polar surface area (TPSA) is 97.2 Å². The summed E-state index contributed by atoms with van der Waals surface area (Å²) >= 11 is 1.12. The molecule has 8 nitrogen and oxygen atoms in total. The molecule has 0 saturated carbocycles. The highest BCUT2D eigenvalue weighted by molar-refractivity contribution is 7.94. The predicted octanol–water partition coefficient (Wildman–Crippen LogP) is 2.12. The molecule has 1 saturated heterocycles. The Balaban J connectivity index is 1.45. The SMILES string of the molecule is O=c1c(NS(=O)(=O)c2cccs2)ccc2n1C[C@H]1C[C@@H]2CN(c2ncccn2)C1. The molecule has 10 heteroatoms. The first-order chi connectivity index (χ1) is 14.0. The lowest BCUT2D eigenvalue weighted by Gasteiger charge is -2.42. The van der Waals surface area contributed by atoms with Crippen molar-refractivity contribution in [2.45, 2.75) is 23.1 Å². The highest BCUT2D eigenvalue weighted by Crippen LogP contribution is 2.36. The van der Waals surface area contributed by atoms with E-state index in [4.69, 9.17) is 0 Å². The molecule has 150 valence electrons. The summed E-state index contributed by atoms with van der Waals surface area (Å²) in [6.45, 7) is 2.07. The quantitative estimate of drug-likeness (QED) is 0.682. The monoisotopic (exact) mass is 429 g/mol. The smallest absolute Gasteiger partial charge is 0.275 e. The van der Waals surface area contributed by atoms with Gasteiger partial charge in [-0.25, -0.2) is 18.4 Å². The molecule has 3 aromatic heterocycles. The molecule has 0 spiro atoms. The fraction of sp³-hybridized carbons (Fsp3) is 0.316. The van der Waals surface area contributed by atoms with Gasteiger partial charge < -0.3 is 9.47 Å². The number of hydrogen-bond acceptors (Lipinski definition) is 7. The summed E-state index contributed by atoms with van der Waals surface area (Å²) in [5.74, 6) is 1.17. The molecule has 0 radical (unpaired) electrons. The van der Waals surface area contributed by atoms with Crippen molar-refractivity contribution in [1.82, 2.24) is 14.5 Å². The van der Waals surface area contributed by atoms with Gasteiger partial charge in [0.15, 0.2) is 0 Å². The van der Waals surface area contributed by atoms with Crippen LogP contribution in [0.15, 0.2) is 57.1 Å². The van der Waals surface area contributed by atoms with Crippen molar-refractivity contribution in [3.8, 4) is 0 Å². The number of thiophene rings is 1. The molecule has 1 fully saturated rings. The number of sulfonamides is 1. The van der Waals surface area contributed by atoms with E-state index in [2.05, 4.69) is 19.6 Å². The molecule has 3 aromatic rings. The molecule has 2 aliphatic heterocycles. The molecule has 29 heavy (non-hydrogen) atoms. The second-order valence-corrected chi connectivity index (χ2v) is 10.2. The van der Waals surface area contributed by atoms with Crippen LogP contribution in [0.2, 0.25) is 0 Å². The summed E-state index contributed by atoms with van der Waals surface area (Å²) < 4.78 is 29.4. The molecule has 5 rings (SSSR count). The first-order valence-corrected chi connectivity index (χ1v) is 11.7. The Bertz CT molecular complexity index is 1190. The number of nitrogens with zero attached hydrogens (tertiary/aromatic N) is 4. The number of nitrogens with one attached hydrogen (secondary N) is 1. The van der Waals surface area contributed by atoms with Gasteiger partial charge in [0.2, 0.25) is 5.95 Å². The van der Waals surface area contributed by atoms with Gasteiger partial charge in [-0.2, -0.15) is 0 Å². The Morgan fingerprint density at radius 3 is 2.66 bits per heavy atom. The van der Waals surface area contributed by atoms with Crippen LogP contribution < -0.4 is 15.2 Å². The van der Waals surface area contributed by atoms with Gasteiger partial charge in [0, 0.05) is 43.6 Å². The zero-order valence-electron chi connectivity index (χ0n) is 15.4. The Labute approximate surface area is 171 Å². The minimum absolute atomic E-state index is 0.0883. The lowest BCUT2D eigenvalue weighted by Crippen LogP contribution is -2.48. The van der Waals surface area contributed by atoms with E-state index in [1.807, 2.05) is 6.07 Å². The van der Waals surface area contributed by atoms with E-state index in [0.29, 0.717) is 12.5 Å². The Morgan fingerprint density at radius 2 is 1.90 bits per heavy atom. The van der Waals surface area contributed by atoms with E-state index in [0.717, 1.165) is 36.5 Å². The number of anilines is 2. The molecule has 2 aliphatic rings. The summed E-state index contributed by atoms with van der Waals surface area (Å²) in [5, 5.41) is 1.69. The van der Waals surface area contributed by atoms with Crippen molar-refractivity contribution in [3.05, 3.63) is 64.2 Å². The second kappa shape index (κ2) is 6.96. The molecular formula is C19H19N5O3S2. The lowest BCUT2D eigenvalue weighted by molar-refractivity contribution is 0.280. The van der Waals surface area contributed by atoms with Crippen LogP contribution in [0.4, 0.5) is 11.6 Å². The van der Waals surface area contributed by atoms with E-state index >= 15 is 0 Å². The van der Waals surface area contributed by atoms with Gasteiger partial charge in [-0.3, -0.25) is 9.52 Å². The maximum absolute atomic E-state index is 13.0.